The maximum absolute atomic E-state index is 5.82. The first kappa shape index (κ1) is 15.4. The van der Waals surface area contributed by atoms with Crippen LogP contribution in [0.3, 0.4) is 0 Å². The standard InChI is InChI=1S/C19H25NO/c1-15(2)21-19-12-8-7-11-18(19)20-14-13-16(3)17-9-5-4-6-10-17/h4-12,15-16,20H,13-14H2,1-3H3. The lowest BCUT2D eigenvalue weighted by atomic mass is 9.98. The monoisotopic (exact) mass is 283 g/mol. The van der Waals surface area contributed by atoms with Crippen LogP contribution < -0.4 is 10.1 Å². The summed E-state index contributed by atoms with van der Waals surface area (Å²) in [5, 5.41) is 3.49. The highest BCUT2D eigenvalue weighted by Gasteiger charge is 2.07. The maximum atomic E-state index is 5.82. The van der Waals surface area contributed by atoms with Crippen LogP contribution in [0.1, 0.15) is 38.7 Å². The van der Waals surface area contributed by atoms with E-state index >= 15 is 0 Å². The van der Waals surface area contributed by atoms with Gasteiger partial charge >= 0.3 is 0 Å². The van der Waals surface area contributed by atoms with Gasteiger partial charge in [-0.2, -0.15) is 0 Å². The first-order valence-electron chi connectivity index (χ1n) is 7.71. The van der Waals surface area contributed by atoms with E-state index in [-0.39, 0.29) is 6.10 Å². The Morgan fingerprint density at radius 2 is 1.57 bits per heavy atom. The van der Waals surface area contributed by atoms with E-state index in [1.165, 1.54) is 5.56 Å². The maximum Gasteiger partial charge on any atom is 0.142 e. The molecule has 0 amide bonds. The van der Waals surface area contributed by atoms with Crippen LogP contribution in [0.2, 0.25) is 0 Å². The van der Waals surface area contributed by atoms with Gasteiger partial charge in [-0.3, -0.25) is 0 Å². The molecule has 0 heterocycles. The number of anilines is 1. The van der Waals surface area contributed by atoms with E-state index in [0.29, 0.717) is 5.92 Å². The average Bonchev–Trinajstić information content (AvgIpc) is 2.49. The molecule has 0 spiro atoms. The number of ether oxygens (including phenoxy) is 1. The number of hydrogen-bond acceptors (Lipinski definition) is 2. The zero-order valence-corrected chi connectivity index (χ0v) is 13.2. The third-order valence-corrected chi connectivity index (χ3v) is 3.51. The second-order valence-corrected chi connectivity index (χ2v) is 5.69. The minimum absolute atomic E-state index is 0.191. The van der Waals surface area contributed by atoms with E-state index in [0.717, 1.165) is 24.4 Å². The van der Waals surface area contributed by atoms with Gasteiger partial charge in [0.05, 0.1) is 11.8 Å². The second-order valence-electron chi connectivity index (χ2n) is 5.69. The molecule has 0 saturated carbocycles. The third kappa shape index (κ3) is 4.82. The largest absolute Gasteiger partial charge is 0.489 e. The van der Waals surface area contributed by atoms with E-state index in [9.17, 15) is 0 Å². The molecule has 0 bridgehead atoms. The second kappa shape index (κ2) is 7.72. The lowest BCUT2D eigenvalue weighted by Crippen LogP contribution is -2.10. The molecule has 0 aromatic heterocycles. The van der Waals surface area contributed by atoms with Crippen LogP contribution in [-0.2, 0) is 0 Å². The smallest absolute Gasteiger partial charge is 0.142 e. The number of hydrogen-bond donors (Lipinski definition) is 1. The van der Waals surface area contributed by atoms with Crippen LogP contribution in [0.15, 0.2) is 54.6 Å². The van der Waals surface area contributed by atoms with Gasteiger partial charge in [0.15, 0.2) is 0 Å². The van der Waals surface area contributed by atoms with Crippen LogP contribution in [0.25, 0.3) is 0 Å². The summed E-state index contributed by atoms with van der Waals surface area (Å²) in [5.74, 6) is 1.48. The molecule has 0 aliphatic heterocycles. The van der Waals surface area contributed by atoms with Crippen molar-refractivity contribution < 1.29 is 4.74 Å². The SMILES string of the molecule is CC(C)Oc1ccccc1NCCC(C)c1ccccc1. The van der Waals surface area contributed by atoms with Crippen molar-refractivity contribution in [3.63, 3.8) is 0 Å². The predicted molar refractivity (Wildman–Crippen MR) is 90.2 cm³/mol. The van der Waals surface area contributed by atoms with Gasteiger partial charge in [0.1, 0.15) is 5.75 Å². The molecule has 0 radical (unpaired) electrons. The Morgan fingerprint density at radius 1 is 0.905 bits per heavy atom. The molecule has 2 aromatic carbocycles. The average molecular weight is 283 g/mol. The molecule has 21 heavy (non-hydrogen) atoms. The van der Waals surface area contributed by atoms with Crippen molar-refractivity contribution in [3.05, 3.63) is 60.2 Å². The molecule has 1 N–H and O–H groups in total. The van der Waals surface area contributed by atoms with Crippen molar-refractivity contribution in [2.24, 2.45) is 0 Å². The topological polar surface area (TPSA) is 21.3 Å². The fourth-order valence-electron chi connectivity index (χ4n) is 2.34. The van der Waals surface area contributed by atoms with Crippen molar-refractivity contribution >= 4 is 5.69 Å². The first-order chi connectivity index (χ1) is 10.2. The summed E-state index contributed by atoms with van der Waals surface area (Å²) < 4.78 is 5.82. The Balaban J connectivity index is 1.89. The molecule has 112 valence electrons. The minimum atomic E-state index is 0.191. The summed E-state index contributed by atoms with van der Waals surface area (Å²) in [7, 11) is 0. The van der Waals surface area contributed by atoms with E-state index in [2.05, 4.69) is 48.6 Å². The van der Waals surface area contributed by atoms with Crippen LogP contribution in [0, 0.1) is 0 Å². The molecular formula is C19H25NO. The summed E-state index contributed by atoms with van der Waals surface area (Å²) in [6.07, 6.45) is 1.29. The van der Waals surface area contributed by atoms with Gasteiger partial charge in [0.25, 0.3) is 0 Å². The lowest BCUT2D eigenvalue weighted by Gasteiger charge is -2.17. The van der Waals surface area contributed by atoms with Gasteiger partial charge in [0.2, 0.25) is 0 Å². The molecule has 0 aliphatic rings. The zero-order valence-electron chi connectivity index (χ0n) is 13.2. The highest BCUT2D eigenvalue weighted by atomic mass is 16.5. The number of benzene rings is 2. The molecule has 1 unspecified atom stereocenters. The Labute approximate surface area is 128 Å². The summed E-state index contributed by atoms with van der Waals surface area (Å²) >= 11 is 0. The molecule has 0 aliphatic carbocycles. The van der Waals surface area contributed by atoms with Gasteiger partial charge in [0, 0.05) is 6.54 Å². The highest BCUT2D eigenvalue weighted by Crippen LogP contribution is 2.25. The molecule has 0 fully saturated rings. The Morgan fingerprint density at radius 3 is 2.29 bits per heavy atom. The number of rotatable bonds is 7. The summed E-state index contributed by atoms with van der Waals surface area (Å²) in [6, 6.07) is 18.8. The molecule has 0 saturated heterocycles. The number of nitrogens with one attached hydrogen (secondary N) is 1. The number of para-hydroxylation sites is 2. The van der Waals surface area contributed by atoms with Crippen LogP contribution in [-0.4, -0.2) is 12.6 Å². The van der Waals surface area contributed by atoms with Gasteiger partial charge in [-0.1, -0.05) is 49.4 Å². The van der Waals surface area contributed by atoms with Crippen molar-refractivity contribution in [3.8, 4) is 5.75 Å². The molecule has 2 rings (SSSR count). The molecule has 2 heteroatoms. The Bertz CT molecular complexity index is 536. The van der Waals surface area contributed by atoms with E-state index < -0.39 is 0 Å². The first-order valence-corrected chi connectivity index (χ1v) is 7.71. The summed E-state index contributed by atoms with van der Waals surface area (Å²) in [6.45, 7) is 7.31. The molecule has 2 aromatic rings. The fourth-order valence-corrected chi connectivity index (χ4v) is 2.34. The Kier molecular flexibility index (Phi) is 5.68. The van der Waals surface area contributed by atoms with Crippen molar-refractivity contribution in [1.29, 1.82) is 0 Å². The van der Waals surface area contributed by atoms with E-state index in [4.69, 9.17) is 4.74 Å². The van der Waals surface area contributed by atoms with E-state index in [1.807, 2.05) is 32.0 Å². The quantitative estimate of drug-likeness (QED) is 0.765. The van der Waals surface area contributed by atoms with Crippen molar-refractivity contribution in [2.45, 2.75) is 39.2 Å². The van der Waals surface area contributed by atoms with Crippen LogP contribution in [0.5, 0.6) is 5.75 Å². The third-order valence-electron chi connectivity index (χ3n) is 3.51. The lowest BCUT2D eigenvalue weighted by molar-refractivity contribution is 0.243. The van der Waals surface area contributed by atoms with Gasteiger partial charge < -0.3 is 10.1 Å². The van der Waals surface area contributed by atoms with Crippen molar-refractivity contribution in [1.82, 2.24) is 0 Å². The fraction of sp³-hybridized carbons (Fsp3) is 0.368. The van der Waals surface area contributed by atoms with Crippen LogP contribution >= 0.6 is 0 Å². The summed E-state index contributed by atoms with van der Waals surface area (Å²) in [4.78, 5) is 0. The minimum Gasteiger partial charge on any atom is -0.489 e. The zero-order chi connectivity index (χ0) is 15.1. The molecular weight excluding hydrogens is 258 g/mol. The Hall–Kier alpha value is -1.96. The molecule has 2 nitrogen and oxygen atoms in total. The molecule has 1 atom stereocenters. The normalized spacial score (nSPS) is 12.2. The predicted octanol–water partition coefficient (Wildman–Crippen LogP) is 5.08. The van der Waals surface area contributed by atoms with Gasteiger partial charge in [-0.25, -0.2) is 0 Å². The van der Waals surface area contributed by atoms with E-state index in [1.54, 1.807) is 0 Å². The highest BCUT2D eigenvalue weighted by molar-refractivity contribution is 5.56. The van der Waals surface area contributed by atoms with Gasteiger partial charge in [-0.05, 0) is 43.9 Å². The van der Waals surface area contributed by atoms with Gasteiger partial charge in [-0.15, -0.1) is 0 Å². The summed E-state index contributed by atoms with van der Waals surface area (Å²) in [5.41, 5.74) is 2.47. The van der Waals surface area contributed by atoms with Crippen molar-refractivity contribution in [2.75, 3.05) is 11.9 Å². The van der Waals surface area contributed by atoms with Crippen LogP contribution in [0.4, 0.5) is 5.69 Å².